The second kappa shape index (κ2) is 10.3. The summed E-state index contributed by atoms with van der Waals surface area (Å²) < 4.78 is 6.24. The summed E-state index contributed by atoms with van der Waals surface area (Å²) in [7, 11) is 1.52. The van der Waals surface area contributed by atoms with E-state index in [1.165, 1.54) is 7.11 Å². The average Bonchev–Trinajstić information content (AvgIpc) is 2.70. The van der Waals surface area contributed by atoms with Crippen LogP contribution in [0, 0.1) is 5.92 Å². The maximum Gasteiger partial charge on any atom is 0.255 e. The van der Waals surface area contributed by atoms with Crippen molar-refractivity contribution in [3.63, 3.8) is 0 Å². The normalized spacial score (nSPS) is 12.9. The van der Waals surface area contributed by atoms with E-state index >= 15 is 0 Å². The molecule has 0 bridgehead atoms. The fourth-order valence-corrected chi connectivity index (χ4v) is 3.23. The molecule has 0 unspecified atom stereocenters. The van der Waals surface area contributed by atoms with Crippen LogP contribution in [0.1, 0.15) is 49.2 Å². The number of hydrogen-bond acceptors (Lipinski definition) is 3. The van der Waals surface area contributed by atoms with Crippen LogP contribution in [0.15, 0.2) is 53.0 Å². The van der Waals surface area contributed by atoms with Crippen molar-refractivity contribution in [1.29, 1.82) is 0 Å². The van der Waals surface area contributed by atoms with E-state index in [4.69, 9.17) is 4.74 Å². The minimum atomic E-state index is -0.651. The first-order valence-corrected chi connectivity index (χ1v) is 10.2. The van der Waals surface area contributed by atoms with Gasteiger partial charge in [-0.05, 0) is 42.2 Å². The van der Waals surface area contributed by atoms with Gasteiger partial charge in [-0.15, -0.1) is 0 Å². The monoisotopic (exact) mass is 446 g/mol. The summed E-state index contributed by atoms with van der Waals surface area (Å²) in [6.45, 7) is 5.84. The molecule has 0 heterocycles. The van der Waals surface area contributed by atoms with Crippen LogP contribution in [0.2, 0.25) is 0 Å². The van der Waals surface area contributed by atoms with Crippen LogP contribution in [0.25, 0.3) is 0 Å². The highest BCUT2D eigenvalue weighted by Crippen LogP contribution is 2.21. The van der Waals surface area contributed by atoms with Crippen LogP contribution in [0.4, 0.5) is 0 Å². The maximum absolute atomic E-state index is 12.9. The molecule has 0 spiro atoms. The molecule has 0 saturated carbocycles. The van der Waals surface area contributed by atoms with Crippen molar-refractivity contribution >= 4 is 27.7 Å². The lowest BCUT2D eigenvalue weighted by atomic mass is 10.00. The third-order valence-electron chi connectivity index (χ3n) is 4.58. The molecule has 150 valence electrons. The summed E-state index contributed by atoms with van der Waals surface area (Å²) in [6, 6.07) is 14.1. The van der Waals surface area contributed by atoms with Gasteiger partial charge in [-0.2, -0.15) is 0 Å². The molecule has 0 aliphatic carbocycles. The van der Waals surface area contributed by atoms with E-state index in [0.29, 0.717) is 11.3 Å². The van der Waals surface area contributed by atoms with E-state index in [9.17, 15) is 9.59 Å². The molecule has 2 rings (SSSR count). The van der Waals surface area contributed by atoms with E-state index in [-0.39, 0.29) is 23.8 Å². The summed E-state index contributed by atoms with van der Waals surface area (Å²) in [5, 5.41) is 5.93. The molecule has 28 heavy (non-hydrogen) atoms. The molecule has 2 aromatic rings. The van der Waals surface area contributed by atoms with Gasteiger partial charge in [0.2, 0.25) is 5.91 Å². The molecular weight excluding hydrogens is 420 g/mol. The Bertz CT molecular complexity index is 806. The Hall–Kier alpha value is -2.34. The van der Waals surface area contributed by atoms with E-state index in [0.717, 1.165) is 16.5 Å². The number of methoxy groups -OCH3 is 1. The van der Waals surface area contributed by atoms with Gasteiger partial charge in [0.05, 0.1) is 18.7 Å². The zero-order valence-corrected chi connectivity index (χ0v) is 18.2. The van der Waals surface area contributed by atoms with Gasteiger partial charge in [-0.1, -0.05) is 61.0 Å². The van der Waals surface area contributed by atoms with Gasteiger partial charge in [0, 0.05) is 4.47 Å². The predicted octanol–water partition coefficient (Wildman–Crippen LogP) is 4.48. The number of amides is 2. The number of rotatable bonds is 8. The van der Waals surface area contributed by atoms with Gasteiger partial charge in [0.1, 0.15) is 11.8 Å². The standard InChI is InChI=1S/C22H27BrN2O3/c1-5-18(15-10-12-16(23)13-11-15)24-22(27)20(14(2)3)25-21(26)17-8-6-7-9-19(17)28-4/h6-14,18,20H,5H2,1-4H3,(H,24,27)(H,25,26)/t18-,20+/m0/s1. The molecule has 2 aromatic carbocycles. The van der Waals surface area contributed by atoms with Gasteiger partial charge < -0.3 is 15.4 Å². The first-order chi connectivity index (χ1) is 13.4. The molecule has 5 nitrogen and oxygen atoms in total. The topological polar surface area (TPSA) is 67.4 Å². The molecule has 2 atom stereocenters. The number of ether oxygens (including phenoxy) is 1. The Morgan fingerprint density at radius 1 is 1.04 bits per heavy atom. The zero-order chi connectivity index (χ0) is 20.7. The number of halogens is 1. The summed E-state index contributed by atoms with van der Waals surface area (Å²) in [6.07, 6.45) is 0.749. The third-order valence-corrected chi connectivity index (χ3v) is 5.11. The van der Waals surface area contributed by atoms with Crippen LogP contribution in [-0.2, 0) is 4.79 Å². The molecular formula is C22H27BrN2O3. The number of benzene rings is 2. The highest BCUT2D eigenvalue weighted by molar-refractivity contribution is 9.10. The molecule has 0 aliphatic heterocycles. The van der Waals surface area contributed by atoms with Gasteiger partial charge in [-0.3, -0.25) is 9.59 Å². The fourth-order valence-electron chi connectivity index (χ4n) is 2.96. The lowest BCUT2D eigenvalue weighted by Crippen LogP contribution is -2.50. The smallest absolute Gasteiger partial charge is 0.255 e. The molecule has 6 heteroatoms. The molecule has 0 radical (unpaired) electrons. The van der Waals surface area contributed by atoms with Crippen molar-refractivity contribution in [2.24, 2.45) is 5.92 Å². The summed E-state index contributed by atoms with van der Waals surface area (Å²) in [5.74, 6) is -0.124. The van der Waals surface area contributed by atoms with Crippen molar-refractivity contribution in [3.05, 3.63) is 64.1 Å². The third kappa shape index (κ3) is 5.58. The van der Waals surface area contributed by atoms with Crippen LogP contribution < -0.4 is 15.4 Å². The Labute approximate surface area is 175 Å². The van der Waals surface area contributed by atoms with Crippen molar-refractivity contribution in [3.8, 4) is 5.75 Å². The lowest BCUT2D eigenvalue weighted by molar-refractivity contribution is -0.124. The molecule has 2 amide bonds. The highest BCUT2D eigenvalue weighted by atomic mass is 79.9. The van der Waals surface area contributed by atoms with Gasteiger partial charge in [0.25, 0.3) is 5.91 Å². The lowest BCUT2D eigenvalue weighted by Gasteiger charge is -2.25. The number of nitrogens with one attached hydrogen (secondary N) is 2. The Balaban J connectivity index is 2.14. The quantitative estimate of drug-likeness (QED) is 0.627. The minimum absolute atomic E-state index is 0.0684. The van der Waals surface area contributed by atoms with Crippen LogP contribution >= 0.6 is 15.9 Å². The summed E-state index contributed by atoms with van der Waals surface area (Å²) in [5.41, 5.74) is 1.43. The Morgan fingerprint density at radius 2 is 1.68 bits per heavy atom. The first kappa shape index (κ1) is 22.0. The number of para-hydroxylation sites is 1. The van der Waals surface area contributed by atoms with Crippen molar-refractivity contribution in [2.75, 3.05) is 7.11 Å². The van der Waals surface area contributed by atoms with Gasteiger partial charge >= 0.3 is 0 Å². The van der Waals surface area contributed by atoms with Crippen molar-refractivity contribution < 1.29 is 14.3 Å². The molecule has 0 aromatic heterocycles. The molecule has 0 aliphatic rings. The van der Waals surface area contributed by atoms with E-state index in [1.807, 2.05) is 45.0 Å². The number of hydrogen-bond donors (Lipinski definition) is 2. The number of carbonyl (C=O) groups is 2. The average molecular weight is 447 g/mol. The summed E-state index contributed by atoms with van der Waals surface area (Å²) >= 11 is 3.43. The van der Waals surface area contributed by atoms with E-state index < -0.39 is 6.04 Å². The van der Waals surface area contributed by atoms with Gasteiger partial charge in [-0.25, -0.2) is 0 Å². The summed E-state index contributed by atoms with van der Waals surface area (Å²) in [4.78, 5) is 25.7. The van der Waals surface area contributed by atoms with E-state index in [1.54, 1.807) is 24.3 Å². The highest BCUT2D eigenvalue weighted by Gasteiger charge is 2.27. The fraction of sp³-hybridized carbons (Fsp3) is 0.364. The Morgan fingerprint density at radius 3 is 2.25 bits per heavy atom. The van der Waals surface area contributed by atoms with Crippen molar-refractivity contribution in [1.82, 2.24) is 10.6 Å². The van der Waals surface area contributed by atoms with Crippen LogP contribution in [0.3, 0.4) is 0 Å². The second-order valence-corrected chi connectivity index (χ2v) is 7.83. The van der Waals surface area contributed by atoms with Crippen molar-refractivity contribution in [2.45, 2.75) is 39.3 Å². The van der Waals surface area contributed by atoms with Crippen LogP contribution in [0.5, 0.6) is 5.75 Å². The van der Waals surface area contributed by atoms with Crippen LogP contribution in [-0.4, -0.2) is 25.0 Å². The molecule has 0 saturated heterocycles. The van der Waals surface area contributed by atoms with Gasteiger partial charge in [0.15, 0.2) is 0 Å². The van der Waals surface area contributed by atoms with E-state index in [2.05, 4.69) is 26.6 Å². The largest absolute Gasteiger partial charge is 0.496 e. The molecule has 2 N–H and O–H groups in total. The predicted molar refractivity (Wildman–Crippen MR) is 114 cm³/mol. The first-order valence-electron chi connectivity index (χ1n) is 9.37. The maximum atomic E-state index is 12.9. The second-order valence-electron chi connectivity index (χ2n) is 6.92. The Kier molecular flexibility index (Phi) is 8.05. The minimum Gasteiger partial charge on any atom is -0.496 e. The SMILES string of the molecule is CC[C@H](NC(=O)[C@H](NC(=O)c1ccccc1OC)C(C)C)c1ccc(Br)cc1. The molecule has 0 fully saturated rings. The zero-order valence-electron chi connectivity index (χ0n) is 16.7. The number of carbonyl (C=O) groups excluding carboxylic acids is 2.